The highest BCUT2D eigenvalue weighted by molar-refractivity contribution is 6.02. The molecule has 5 aromatic carbocycles. The van der Waals surface area contributed by atoms with Crippen molar-refractivity contribution in [3.8, 4) is 11.5 Å². The van der Waals surface area contributed by atoms with Crippen molar-refractivity contribution in [1.82, 2.24) is 5.01 Å². The van der Waals surface area contributed by atoms with E-state index >= 15 is 0 Å². The number of aryl methyl sites for hydroxylation is 1. The lowest BCUT2D eigenvalue weighted by molar-refractivity contribution is -0.0190. The van der Waals surface area contributed by atoms with E-state index in [-0.39, 0.29) is 12.3 Å². The molecule has 0 fully saturated rings. The Bertz CT molecular complexity index is 1630. The first-order chi connectivity index (χ1) is 18.7. The monoisotopic (exact) mass is 496 g/mol. The molecule has 0 aromatic heterocycles. The minimum Gasteiger partial charge on any atom is -0.489 e. The highest BCUT2D eigenvalue weighted by Gasteiger charge is 2.40. The van der Waals surface area contributed by atoms with Crippen molar-refractivity contribution >= 4 is 16.5 Å². The van der Waals surface area contributed by atoms with Crippen LogP contribution in [0.3, 0.4) is 0 Å². The Balaban J connectivity index is 1.15. The average molecular weight is 497 g/mol. The van der Waals surface area contributed by atoms with Crippen LogP contribution in [0.4, 0.5) is 0 Å². The van der Waals surface area contributed by atoms with Crippen molar-refractivity contribution in [2.24, 2.45) is 5.10 Å². The molecule has 4 heteroatoms. The summed E-state index contributed by atoms with van der Waals surface area (Å²) < 4.78 is 12.7. The van der Waals surface area contributed by atoms with Gasteiger partial charge in [0.05, 0.1) is 11.8 Å². The van der Waals surface area contributed by atoms with E-state index in [1.165, 1.54) is 33.0 Å². The Morgan fingerprint density at radius 1 is 0.816 bits per heavy atom. The fraction of sp³-hybridized carbons (Fsp3) is 0.147. The number of para-hydroxylation sites is 1. The molecule has 186 valence electrons. The first kappa shape index (κ1) is 22.6. The van der Waals surface area contributed by atoms with Gasteiger partial charge in [0.25, 0.3) is 0 Å². The molecule has 2 atom stereocenters. The number of fused-ring (bicyclic) bond motifs is 4. The second kappa shape index (κ2) is 9.38. The molecule has 0 spiro atoms. The number of benzene rings is 5. The molecule has 0 amide bonds. The number of nitrogens with zero attached hydrogens (tertiary/aromatic N) is 2. The zero-order valence-electron chi connectivity index (χ0n) is 21.2. The van der Waals surface area contributed by atoms with Crippen LogP contribution in [0.5, 0.6) is 11.5 Å². The van der Waals surface area contributed by atoms with E-state index in [1.54, 1.807) is 0 Å². The molecule has 0 radical (unpaired) electrons. The Labute approximate surface area is 222 Å². The number of hydrazone groups is 1. The van der Waals surface area contributed by atoms with Gasteiger partial charge in [0, 0.05) is 17.5 Å². The van der Waals surface area contributed by atoms with Gasteiger partial charge in [-0.3, -0.25) is 0 Å². The van der Waals surface area contributed by atoms with E-state index < -0.39 is 0 Å². The SMILES string of the molecule is Cc1ccc(C2=NN3C(C2)c2ccccc2OC3c2ccc(OCc3cccc4ccccc34)cc2)cc1. The summed E-state index contributed by atoms with van der Waals surface area (Å²) in [4.78, 5) is 0. The van der Waals surface area contributed by atoms with E-state index in [0.717, 1.165) is 29.2 Å². The summed E-state index contributed by atoms with van der Waals surface area (Å²) in [5.41, 5.74) is 6.92. The van der Waals surface area contributed by atoms with Gasteiger partial charge in [0.1, 0.15) is 18.1 Å². The van der Waals surface area contributed by atoms with Crippen LogP contribution in [0.1, 0.15) is 46.5 Å². The van der Waals surface area contributed by atoms with E-state index in [0.29, 0.717) is 6.61 Å². The Morgan fingerprint density at radius 3 is 2.45 bits per heavy atom. The predicted octanol–water partition coefficient (Wildman–Crippen LogP) is 7.97. The summed E-state index contributed by atoms with van der Waals surface area (Å²) in [7, 11) is 0. The first-order valence-corrected chi connectivity index (χ1v) is 13.1. The van der Waals surface area contributed by atoms with Crippen LogP contribution >= 0.6 is 0 Å². The van der Waals surface area contributed by atoms with Crippen LogP contribution in [-0.2, 0) is 6.61 Å². The summed E-state index contributed by atoms with van der Waals surface area (Å²) in [6.45, 7) is 2.63. The first-order valence-electron chi connectivity index (χ1n) is 13.1. The number of hydrogen-bond acceptors (Lipinski definition) is 4. The van der Waals surface area contributed by atoms with Crippen molar-refractivity contribution in [2.45, 2.75) is 32.2 Å². The normalized spacial score (nSPS) is 17.9. The van der Waals surface area contributed by atoms with Crippen LogP contribution < -0.4 is 9.47 Å². The van der Waals surface area contributed by atoms with Gasteiger partial charge < -0.3 is 9.47 Å². The molecule has 2 unspecified atom stereocenters. The third kappa shape index (κ3) is 4.08. The highest BCUT2D eigenvalue weighted by Crippen LogP contribution is 2.47. The maximum Gasteiger partial charge on any atom is 0.213 e. The Morgan fingerprint density at radius 2 is 1.58 bits per heavy atom. The lowest BCUT2D eigenvalue weighted by Gasteiger charge is -2.38. The molecular formula is C34H28N2O2. The minimum atomic E-state index is -0.301. The second-order valence-corrected chi connectivity index (χ2v) is 10.0. The topological polar surface area (TPSA) is 34.1 Å². The van der Waals surface area contributed by atoms with Gasteiger partial charge in [-0.1, -0.05) is 90.5 Å². The Kier molecular flexibility index (Phi) is 5.58. The van der Waals surface area contributed by atoms with Crippen LogP contribution in [0.15, 0.2) is 120 Å². The zero-order valence-corrected chi connectivity index (χ0v) is 21.2. The van der Waals surface area contributed by atoms with Crippen LogP contribution in [-0.4, -0.2) is 10.7 Å². The van der Waals surface area contributed by atoms with Gasteiger partial charge in [-0.15, -0.1) is 0 Å². The molecule has 2 aliphatic heterocycles. The molecule has 0 saturated heterocycles. The largest absolute Gasteiger partial charge is 0.489 e. The van der Waals surface area contributed by atoms with Crippen molar-refractivity contribution in [3.05, 3.63) is 143 Å². The molecule has 7 rings (SSSR count). The maximum absolute atomic E-state index is 6.53. The molecule has 0 saturated carbocycles. The van der Waals surface area contributed by atoms with Crippen molar-refractivity contribution < 1.29 is 9.47 Å². The van der Waals surface area contributed by atoms with E-state index in [2.05, 4.69) is 109 Å². The highest BCUT2D eigenvalue weighted by atomic mass is 16.5. The van der Waals surface area contributed by atoms with Crippen LogP contribution in [0, 0.1) is 6.92 Å². The quantitative estimate of drug-likeness (QED) is 0.247. The molecule has 2 heterocycles. The molecular weight excluding hydrogens is 468 g/mol. The molecule has 38 heavy (non-hydrogen) atoms. The van der Waals surface area contributed by atoms with Crippen LogP contribution in [0.25, 0.3) is 10.8 Å². The molecule has 0 bridgehead atoms. The van der Waals surface area contributed by atoms with Crippen molar-refractivity contribution in [3.63, 3.8) is 0 Å². The smallest absolute Gasteiger partial charge is 0.213 e. The van der Waals surface area contributed by atoms with Gasteiger partial charge in [-0.2, -0.15) is 5.10 Å². The third-order valence-electron chi connectivity index (χ3n) is 7.52. The summed E-state index contributed by atoms with van der Waals surface area (Å²) in [5.74, 6) is 1.76. The van der Waals surface area contributed by atoms with Gasteiger partial charge in [0.2, 0.25) is 6.23 Å². The fourth-order valence-electron chi connectivity index (χ4n) is 5.48. The summed E-state index contributed by atoms with van der Waals surface area (Å²) in [5, 5.41) is 9.67. The number of ether oxygens (including phenoxy) is 2. The lowest BCUT2D eigenvalue weighted by atomic mass is 9.95. The van der Waals surface area contributed by atoms with Gasteiger partial charge in [0.15, 0.2) is 0 Å². The second-order valence-electron chi connectivity index (χ2n) is 10.0. The molecule has 5 aromatic rings. The predicted molar refractivity (Wildman–Crippen MR) is 151 cm³/mol. The minimum absolute atomic E-state index is 0.142. The van der Waals surface area contributed by atoms with E-state index in [4.69, 9.17) is 14.6 Å². The zero-order chi connectivity index (χ0) is 25.5. The summed E-state index contributed by atoms with van der Waals surface area (Å²) in [6.07, 6.45) is 0.552. The van der Waals surface area contributed by atoms with Crippen LogP contribution in [0.2, 0.25) is 0 Å². The summed E-state index contributed by atoms with van der Waals surface area (Å²) >= 11 is 0. The molecule has 0 N–H and O–H groups in total. The van der Waals surface area contributed by atoms with Crippen molar-refractivity contribution in [1.29, 1.82) is 0 Å². The van der Waals surface area contributed by atoms with E-state index in [9.17, 15) is 0 Å². The average Bonchev–Trinajstić information content (AvgIpc) is 3.42. The van der Waals surface area contributed by atoms with Crippen molar-refractivity contribution in [2.75, 3.05) is 0 Å². The standard InChI is InChI=1S/C34H28N2O2/c1-23-13-15-25(16-14-23)31-21-32-30-11-4-5-12-33(30)38-34(36(32)35-31)26-17-19-28(20-18-26)37-22-27-9-6-8-24-7-2-3-10-29(24)27/h2-20,32,34H,21-22H2,1H3. The maximum atomic E-state index is 6.53. The van der Waals surface area contributed by atoms with E-state index in [1.807, 2.05) is 18.2 Å². The fourth-order valence-corrected chi connectivity index (χ4v) is 5.48. The third-order valence-corrected chi connectivity index (χ3v) is 7.52. The molecule has 2 aliphatic rings. The molecule has 4 nitrogen and oxygen atoms in total. The van der Waals surface area contributed by atoms with Gasteiger partial charge in [-0.05, 0) is 59.2 Å². The Hall–Kier alpha value is -4.57. The van der Waals surface area contributed by atoms with Gasteiger partial charge >= 0.3 is 0 Å². The number of hydrogen-bond donors (Lipinski definition) is 0. The molecule has 0 aliphatic carbocycles. The lowest BCUT2D eigenvalue weighted by Crippen LogP contribution is -2.33. The summed E-state index contributed by atoms with van der Waals surface area (Å²) in [6, 6.07) is 40.1. The van der Waals surface area contributed by atoms with Gasteiger partial charge in [-0.25, -0.2) is 5.01 Å². The number of rotatable bonds is 5.